The lowest BCUT2D eigenvalue weighted by molar-refractivity contribution is 0.607. The molecule has 126 valence electrons. The van der Waals surface area contributed by atoms with Gasteiger partial charge in [0.1, 0.15) is 5.82 Å². The van der Waals surface area contributed by atoms with Gasteiger partial charge in [-0.05, 0) is 45.4 Å². The summed E-state index contributed by atoms with van der Waals surface area (Å²) in [5.41, 5.74) is 3.80. The summed E-state index contributed by atoms with van der Waals surface area (Å²) in [6, 6.07) is 0.345. The van der Waals surface area contributed by atoms with E-state index in [-0.39, 0.29) is 0 Å². The molecular formula is C17H22N6S. The molecule has 1 aliphatic heterocycles. The fourth-order valence-electron chi connectivity index (χ4n) is 4.18. The fourth-order valence-corrected chi connectivity index (χ4v) is 5.19. The van der Waals surface area contributed by atoms with Crippen molar-refractivity contribution >= 4 is 21.4 Å². The third-order valence-corrected chi connectivity index (χ3v) is 6.32. The third kappa shape index (κ3) is 2.10. The first-order chi connectivity index (χ1) is 11.7. The molecular weight excluding hydrogens is 320 g/mol. The highest BCUT2D eigenvalue weighted by Gasteiger charge is 2.33. The molecule has 0 spiro atoms. The van der Waals surface area contributed by atoms with Crippen molar-refractivity contribution in [2.75, 3.05) is 11.4 Å². The van der Waals surface area contributed by atoms with Crippen LogP contribution in [0.5, 0.6) is 0 Å². The molecule has 0 saturated carbocycles. The lowest BCUT2D eigenvalue weighted by atomic mass is 10.0. The molecule has 0 amide bonds. The summed E-state index contributed by atoms with van der Waals surface area (Å²) in [5, 5.41) is 5.83. The van der Waals surface area contributed by atoms with Crippen molar-refractivity contribution < 1.29 is 0 Å². The standard InChI is InChI=1S/C17H22N6S/c1-11-10-23-16(18-11)24-17(20-23)22-9-5-8-14(22)15-19-12-6-3-4-7-13(12)21(15)2/h10,14H,3-9H2,1-2H3/t14-/m0/s1. The minimum atomic E-state index is 0.345. The Kier molecular flexibility index (Phi) is 3.20. The molecule has 6 nitrogen and oxygen atoms in total. The highest BCUT2D eigenvalue weighted by atomic mass is 32.1. The molecule has 0 aromatic carbocycles. The molecule has 24 heavy (non-hydrogen) atoms. The molecule has 0 bridgehead atoms. The number of imidazole rings is 2. The topological polar surface area (TPSA) is 51.2 Å². The van der Waals surface area contributed by atoms with Crippen molar-refractivity contribution in [2.45, 2.75) is 51.5 Å². The molecule has 1 atom stereocenters. The van der Waals surface area contributed by atoms with Gasteiger partial charge in [0.2, 0.25) is 10.1 Å². The van der Waals surface area contributed by atoms with Crippen molar-refractivity contribution in [3.8, 4) is 0 Å². The van der Waals surface area contributed by atoms with Crippen LogP contribution in [-0.4, -0.2) is 30.7 Å². The summed E-state index contributed by atoms with van der Waals surface area (Å²) in [7, 11) is 2.20. The van der Waals surface area contributed by atoms with Crippen LogP contribution in [0.1, 0.15) is 54.6 Å². The van der Waals surface area contributed by atoms with E-state index in [0.29, 0.717) is 6.04 Å². The number of aromatic nitrogens is 5. The van der Waals surface area contributed by atoms with Crippen LogP contribution in [0.3, 0.4) is 0 Å². The van der Waals surface area contributed by atoms with E-state index >= 15 is 0 Å². The van der Waals surface area contributed by atoms with Crippen LogP contribution < -0.4 is 4.90 Å². The molecule has 3 aromatic heterocycles. The van der Waals surface area contributed by atoms with Gasteiger partial charge in [-0.1, -0.05) is 11.3 Å². The Hall–Kier alpha value is -1.89. The molecule has 1 saturated heterocycles. The largest absolute Gasteiger partial charge is 0.336 e. The highest BCUT2D eigenvalue weighted by molar-refractivity contribution is 7.20. The molecule has 0 radical (unpaired) electrons. The predicted molar refractivity (Wildman–Crippen MR) is 94.8 cm³/mol. The van der Waals surface area contributed by atoms with E-state index in [1.54, 1.807) is 11.3 Å². The first kappa shape index (κ1) is 14.5. The SMILES string of the molecule is Cc1cn2nc(N3CCC[C@H]3c3nc4c(n3C)CCCC4)sc2n1. The Balaban J connectivity index is 1.53. The van der Waals surface area contributed by atoms with Crippen LogP contribution in [0.4, 0.5) is 5.13 Å². The van der Waals surface area contributed by atoms with Gasteiger partial charge in [0.05, 0.1) is 23.6 Å². The lowest BCUT2D eigenvalue weighted by Gasteiger charge is -2.23. The molecule has 0 unspecified atom stereocenters. The minimum absolute atomic E-state index is 0.345. The second-order valence-corrected chi connectivity index (χ2v) is 7.91. The van der Waals surface area contributed by atoms with E-state index in [9.17, 15) is 0 Å². The normalized spacial score (nSPS) is 20.9. The highest BCUT2D eigenvalue weighted by Crippen LogP contribution is 2.38. The van der Waals surface area contributed by atoms with Crippen molar-refractivity contribution in [1.29, 1.82) is 0 Å². The predicted octanol–water partition coefficient (Wildman–Crippen LogP) is 3.05. The summed E-state index contributed by atoms with van der Waals surface area (Å²) in [6.07, 6.45) is 9.24. The van der Waals surface area contributed by atoms with E-state index in [2.05, 4.69) is 21.5 Å². The Morgan fingerprint density at radius 3 is 2.88 bits per heavy atom. The fraction of sp³-hybridized carbons (Fsp3) is 0.588. The summed E-state index contributed by atoms with van der Waals surface area (Å²) in [4.78, 5) is 13.0. The maximum atomic E-state index is 5.04. The first-order valence-electron chi connectivity index (χ1n) is 8.84. The van der Waals surface area contributed by atoms with E-state index in [0.717, 1.165) is 35.2 Å². The number of hydrogen-bond acceptors (Lipinski definition) is 5. The average Bonchev–Trinajstić information content (AvgIpc) is 3.29. The van der Waals surface area contributed by atoms with Gasteiger partial charge in [-0.3, -0.25) is 0 Å². The molecule has 1 aliphatic carbocycles. The maximum Gasteiger partial charge on any atom is 0.214 e. The second-order valence-electron chi connectivity index (χ2n) is 6.97. The molecule has 3 aromatic rings. The van der Waals surface area contributed by atoms with E-state index in [1.807, 2.05) is 17.6 Å². The molecule has 2 aliphatic rings. The monoisotopic (exact) mass is 342 g/mol. The van der Waals surface area contributed by atoms with Crippen LogP contribution in [0.15, 0.2) is 6.20 Å². The quantitative estimate of drug-likeness (QED) is 0.718. The number of hydrogen-bond donors (Lipinski definition) is 0. The summed E-state index contributed by atoms with van der Waals surface area (Å²) in [6.45, 7) is 3.07. The smallest absolute Gasteiger partial charge is 0.214 e. The van der Waals surface area contributed by atoms with Gasteiger partial charge >= 0.3 is 0 Å². The number of rotatable bonds is 2. The summed E-state index contributed by atoms with van der Waals surface area (Å²) in [5.74, 6) is 1.23. The number of anilines is 1. The van der Waals surface area contributed by atoms with Crippen molar-refractivity contribution in [3.05, 3.63) is 29.1 Å². The third-order valence-electron chi connectivity index (χ3n) is 5.36. The Morgan fingerprint density at radius 2 is 2.04 bits per heavy atom. The van der Waals surface area contributed by atoms with Crippen molar-refractivity contribution in [3.63, 3.8) is 0 Å². The molecule has 0 N–H and O–H groups in total. The average molecular weight is 342 g/mol. The van der Waals surface area contributed by atoms with Gasteiger partial charge in [-0.15, -0.1) is 5.10 Å². The van der Waals surface area contributed by atoms with Crippen LogP contribution in [-0.2, 0) is 19.9 Å². The van der Waals surface area contributed by atoms with Gasteiger partial charge in [0.25, 0.3) is 0 Å². The van der Waals surface area contributed by atoms with Crippen molar-refractivity contribution in [1.82, 2.24) is 24.1 Å². The first-order valence-corrected chi connectivity index (χ1v) is 9.66. The molecule has 5 rings (SSSR count). The van der Waals surface area contributed by atoms with E-state index < -0.39 is 0 Å². The van der Waals surface area contributed by atoms with E-state index in [1.165, 1.54) is 42.9 Å². The molecule has 7 heteroatoms. The molecule has 1 fully saturated rings. The summed E-state index contributed by atoms with van der Waals surface area (Å²) < 4.78 is 4.27. The summed E-state index contributed by atoms with van der Waals surface area (Å²) >= 11 is 1.68. The zero-order chi connectivity index (χ0) is 16.3. The van der Waals surface area contributed by atoms with Crippen LogP contribution in [0.2, 0.25) is 0 Å². The number of aryl methyl sites for hydroxylation is 2. The van der Waals surface area contributed by atoms with Gasteiger partial charge in [-0.2, -0.15) is 0 Å². The second kappa shape index (κ2) is 5.31. The lowest BCUT2D eigenvalue weighted by Crippen LogP contribution is -2.25. The molecule has 4 heterocycles. The van der Waals surface area contributed by atoms with Gasteiger partial charge in [0, 0.05) is 19.3 Å². The van der Waals surface area contributed by atoms with Crippen LogP contribution in [0.25, 0.3) is 4.96 Å². The van der Waals surface area contributed by atoms with Gasteiger partial charge in [-0.25, -0.2) is 14.5 Å². The van der Waals surface area contributed by atoms with E-state index in [4.69, 9.17) is 10.1 Å². The number of fused-ring (bicyclic) bond motifs is 2. The van der Waals surface area contributed by atoms with Gasteiger partial charge in [0.15, 0.2) is 0 Å². The Labute approximate surface area is 145 Å². The van der Waals surface area contributed by atoms with Crippen LogP contribution >= 0.6 is 11.3 Å². The zero-order valence-electron chi connectivity index (χ0n) is 14.2. The van der Waals surface area contributed by atoms with Crippen molar-refractivity contribution in [2.24, 2.45) is 7.05 Å². The Morgan fingerprint density at radius 1 is 1.17 bits per heavy atom. The minimum Gasteiger partial charge on any atom is -0.336 e. The zero-order valence-corrected chi connectivity index (χ0v) is 15.0. The maximum absolute atomic E-state index is 5.04. The van der Waals surface area contributed by atoms with Crippen LogP contribution in [0, 0.1) is 6.92 Å². The van der Waals surface area contributed by atoms with Gasteiger partial charge < -0.3 is 9.47 Å². The number of nitrogens with zero attached hydrogens (tertiary/aromatic N) is 6. The Bertz CT molecular complexity index is 872.